The van der Waals surface area contributed by atoms with Crippen LogP contribution in [0, 0.1) is 0 Å². The van der Waals surface area contributed by atoms with Crippen LogP contribution in [0.4, 0.5) is 0 Å². The van der Waals surface area contributed by atoms with Crippen LogP contribution in [0.15, 0.2) is 18.2 Å². The van der Waals surface area contributed by atoms with Crippen molar-refractivity contribution in [3.8, 4) is 5.75 Å². The summed E-state index contributed by atoms with van der Waals surface area (Å²) in [4.78, 5) is 0. The molecule has 2 rings (SSSR count). The van der Waals surface area contributed by atoms with E-state index in [2.05, 4.69) is 0 Å². The third-order valence-corrected chi connectivity index (χ3v) is 2.72. The van der Waals surface area contributed by atoms with Crippen molar-refractivity contribution in [3.63, 3.8) is 0 Å². The largest absolute Gasteiger partial charge is 0.496 e. The van der Waals surface area contributed by atoms with Crippen LogP contribution < -0.4 is 10.5 Å². The Morgan fingerprint density at radius 1 is 1.46 bits per heavy atom. The molecular weight excluding hydrogens is 186 g/mol. The third kappa shape index (κ3) is 1.52. The van der Waals surface area contributed by atoms with E-state index >= 15 is 0 Å². The van der Waals surface area contributed by atoms with Crippen LogP contribution in [0.1, 0.15) is 18.4 Å². The van der Waals surface area contributed by atoms with Crippen molar-refractivity contribution < 1.29 is 4.74 Å². The lowest BCUT2D eigenvalue weighted by Crippen LogP contribution is -2.19. The molecule has 2 nitrogen and oxygen atoms in total. The van der Waals surface area contributed by atoms with Gasteiger partial charge in [0.05, 0.1) is 7.11 Å². The van der Waals surface area contributed by atoms with Gasteiger partial charge in [0, 0.05) is 16.1 Å². The second kappa shape index (κ2) is 2.89. The highest BCUT2D eigenvalue weighted by Crippen LogP contribution is 2.46. The van der Waals surface area contributed by atoms with Gasteiger partial charge >= 0.3 is 0 Å². The molecule has 0 amide bonds. The predicted octanol–water partition coefficient (Wildman–Crippen LogP) is 2.30. The van der Waals surface area contributed by atoms with Crippen molar-refractivity contribution in [2.75, 3.05) is 7.11 Å². The van der Waals surface area contributed by atoms with Crippen molar-refractivity contribution in [1.29, 1.82) is 0 Å². The number of hydrogen-bond donors (Lipinski definition) is 1. The van der Waals surface area contributed by atoms with Crippen molar-refractivity contribution in [2.45, 2.75) is 18.4 Å². The molecule has 1 aromatic carbocycles. The van der Waals surface area contributed by atoms with Gasteiger partial charge in [-0.25, -0.2) is 0 Å². The van der Waals surface area contributed by atoms with Crippen LogP contribution in [0.3, 0.4) is 0 Å². The molecule has 0 aliphatic heterocycles. The molecule has 1 aromatic rings. The molecule has 3 heteroatoms. The molecule has 0 radical (unpaired) electrons. The summed E-state index contributed by atoms with van der Waals surface area (Å²) in [7, 11) is 1.64. The summed E-state index contributed by atoms with van der Waals surface area (Å²) in [5, 5.41) is 0.685. The highest BCUT2D eigenvalue weighted by atomic mass is 35.5. The zero-order chi connectivity index (χ0) is 9.47. The fraction of sp³-hybridized carbons (Fsp3) is 0.400. The normalized spacial score (nSPS) is 18.4. The Morgan fingerprint density at radius 2 is 2.15 bits per heavy atom. The molecule has 13 heavy (non-hydrogen) atoms. The van der Waals surface area contributed by atoms with E-state index in [0.29, 0.717) is 5.02 Å². The zero-order valence-corrected chi connectivity index (χ0v) is 8.27. The Kier molecular flexibility index (Phi) is 1.97. The molecule has 1 aliphatic carbocycles. The number of halogens is 1. The summed E-state index contributed by atoms with van der Waals surface area (Å²) < 4.78 is 5.23. The molecule has 1 fully saturated rings. The zero-order valence-electron chi connectivity index (χ0n) is 7.51. The fourth-order valence-electron chi connectivity index (χ4n) is 1.48. The van der Waals surface area contributed by atoms with Crippen LogP contribution in [-0.4, -0.2) is 7.11 Å². The summed E-state index contributed by atoms with van der Waals surface area (Å²) in [5.74, 6) is 0.799. The lowest BCUT2D eigenvalue weighted by Gasteiger charge is -2.13. The van der Waals surface area contributed by atoms with Gasteiger partial charge in [0.2, 0.25) is 0 Å². The minimum absolute atomic E-state index is 0.157. The second-order valence-corrected chi connectivity index (χ2v) is 3.94. The highest BCUT2D eigenvalue weighted by Gasteiger charge is 2.42. The van der Waals surface area contributed by atoms with Crippen LogP contribution in [-0.2, 0) is 5.54 Å². The SMILES string of the molecule is COc1cc(Cl)ccc1C1(N)CC1. The Hall–Kier alpha value is -0.730. The summed E-state index contributed by atoms with van der Waals surface area (Å²) in [5.41, 5.74) is 6.98. The number of benzene rings is 1. The van der Waals surface area contributed by atoms with Gasteiger partial charge < -0.3 is 10.5 Å². The maximum absolute atomic E-state index is 6.07. The van der Waals surface area contributed by atoms with E-state index in [-0.39, 0.29) is 5.54 Å². The lowest BCUT2D eigenvalue weighted by molar-refractivity contribution is 0.404. The maximum Gasteiger partial charge on any atom is 0.125 e. The van der Waals surface area contributed by atoms with E-state index < -0.39 is 0 Å². The minimum atomic E-state index is -0.157. The van der Waals surface area contributed by atoms with Gasteiger partial charge in [0.1, 0.15) is 5.75 Å². The van der Waals surface area contributed by atoms with E-state index in [1.807, 2.05) is 18.2 Å². The molecule has 2 N–H and O–H groups in total. The summed E-state index contributed by atoms with van der Waals surface area (Å²) >= 11 is 5.85. The van der Waals surface area contributed by atoms with E-state index in [1.165, 1.54) is 0 Å². The number of hydrogen-bond acceptors (Lipinski definition) is 2. The molecule has 70 valence electrons. The molecule has 0 bridgehead atoms. The molecule has 0 saturated heterocycles. The monoisotopic (exact) mass is 197 g/mol. The predicted molar refractivity (Wildman–Crippen MR) is 53.1 cm³/mol. The summed E-state index contributed by atoms with van der Waals surface area (Å²) in [6.45, 7) is 0. The molecule has 1 aliphatic rings. The van der Waals surface area contributed by atoms with Crippen LogP contribution in [0.5, 0.6) is 5.75 Å². The first-order valence-corrected chi connectivity index (χ1v) is 4.66. The van der Waals surface area contributed by atoms with Crippen molar-refractivity contribution in [1.82, 2.24) is 0 Å². The molecule has 0 spiro atoms. The molecule has 1 saturated carbocycles. The Labute approximate surface area is 82.6 Å². The quantitative estimate of drug-likeness (QED) is 0.790. The van der Waals surface area contributed by atoms with E-state index in [1.54, 1.807) is 7.11 Å². The van der Waals surface area contributed by atoms with Gasteiger partial charge in [-0.05, 0) is 25.0 Å². The lowest BCUT2D eigenvalue weighted by atomic mass is 10.1. The number of rotatable bonds is 2. The number of methoxy groups -OCH3 is 1. The topological polar surface area (TPSA) is 35.2 Å². The minimum Gasteiger partial charge on any atom is -0.496 e. The average Bonchev–Trinajstić information content (AvgIpc) is 2.84. The fourth-order valence-corrected chi connectivity index (χ4v) is 1.64. The average molecular weight is 198 g/mol. The van der Waals surface area contributed by atoms with Crippen LogP contribution >= 0.6 is 11.6 Å². The number of nitrogens with two attached hydrogens (primary N) is 1. The van der Waals surface area contributed by atoms with E-state index in [4.69, 9.17) is 22.1 Å². The molecule has 0 aromatic heterocycles. The van der Waals surface area contributed by atoms with Crippen molar-refractivity contribution in [3.05, 3.63) is 28.8 Å². The molecule has 0 unspecified atom stereocenters. The summed E-state index contributed by atoms with van der Waals surface area (Å²) in [6, 6.07) is 5.62. The Morgan fingerprint density at radius 3 is 2.69 bits per heavy atom. The third-order valence-electron chi connectivity index (χ3n) is 2.49. The van der Waals surface area contributed by atoms with E-state index in [0.717, 1.165) is 24.2 Å². The van der Waals surface area contributed by atoms with Gasteiger partial charge in [0.25, 0.3) is 0 Å². The first-order chi connectivity index (χ1) is 6.15. The van der Waals surface area contributed by atoms with Gasteiger partial charge in [0.15, 0.2) is 0 Å². The van der Waals surface area contributed by atoms with Crippen LogP contribution in [0.2, 0.25) is 5.02 Å². The Bertz CT molecular complexity index is 334. The van der Waals surface area contributed by atoms with Gasteiger partial charge in [-0.3, -0.25) is 0 Å². The number of ether oxygens (including phenoxy) is 1. The first-order valence-electron chi connectivity index (χ1n) is 4.29. The second-order valence-electron chi connectivity index (χ2n) is 3.50. The van der Waals surface area contributed by atoms with Crippen LogP contribution in [0.25, 0.3) is 0 Å². The van der Waals surface area contributed by atoms with Crippen molar-refractivity contribution in [2.24, 2.45) is 5.73 Å². The standard InChI is InChI=1S/C10H12ClNO/c1-13-9-6-7(11)2-3-8(9)10(12)4-5-10/h2-3,6H,4-5,12H2,1H3. The molecule has 0 atom stereocenters. The smallest absolute Gasteiger partial charge is 0.125 e. The van der Waals surface area contributed by atoms with Gasteiger partial charge in [-0.2, -0.15) is 0 Å². The summed E-state index contributed by atoms with van der Waals surface area (Å²) in [6.07, 6.45) is 2.07. The highest BCUT2D eigenvalue weighted by molar-refractivity contribution is 6.30. The van der Waals surface area contributed by atoms with E-state index in [9.17, 15) is 0 Å². The Balaban J connectivity index is 2.45. The van der Waals surface area contributed by atoms with Crippen molar-refractivity contribution >= 4 is 11.6 Å². The van der Waals surface area contributed by atoms with Gasteiger partial charge in [-0.1, -0.05) is 17.7 Å². The van der Waals surface area contributed by atoms with Gasteiger partial charge in [-0.15, -0.1) is 0 Å². The maximum atomic E-state index is 6.07. The molecule has 0 heterocycles. The molecular formula is C10H12ClNO. The first kappa shape index (κ1) is 8.85.